The third-order valence-electron chi connectivity index (χ3n) is 5.77. The highest BCUT2D eigenvalue weighted by molar-refractivity contribution is 6.29. The van der Waals surface area contributed by atoms with Crippen LogP contribution in [0.15, 0.2) is 51.4 Å². The molecule has 1 fully saturated rings. The molecular weight excluding hydrogens is 468 g/mol. The summed E-state index contributed by atoms with van der Waals surface area (Å²) in [4.78, 5) is 17.4. The maximum Gasteiger partial charge on any atom is 0.196 e. The monoisotopic (exact) mass is 493 g/mol. The molecule has 10 heteroatoms. The number of oxime groups is 1. The lowest BCUT2D eigenvalue weighted by atomic mass is 10.0. The number of benzene rings is 1. The number of nitrogens with one attached hydrogen (secondary N) is 2. The zero-order valence-corrected chi connectivity index (χ0v) is 20.1. The highest BCUT2D eigenvalue weighted by Crippen LogP contribution is 2.30. The Hall–Kier alpha value is -3.95. The highest BCUT2D eigenvalue weighted by Gasteiger charge is 2.25. The molecule has 3 aromatic rings. The smallest absolute Gasteiger partial charge is 0.196 e. The zero-order valence-electron chi connectivity index (χ0n) is 19.4. The molecule has 0 atom stereocenters. The molecule has 7 N–H and O–H groups in total. The number of quaternary nitrogens is 1. The lowest BCUT2D eigenvalue weighted by molar-refractivity contribution is -0.601. The van der Waals surface area contributed by atoms with Crippen LogP contribution in [0.25, 0.3) is 22.2 Å². The topological polar surface area (TPSA) is 154 Å². The Bertz CT molecular complexity index is 1470. The van der Waals surface area contributed by atoms with Crippen molar-refractivity contribution in [2.75, 3.05) is 5.32 Å². The predicted molar refractivity (Wildman–Crippen MR) is 138 cm³/mol. The van der Waals surface area contributed by atoms with Crippen LogP contribution in [0.1, 0.15) is 41.0 Å². The predicted octanol–water partition coefficient (Wildman–Crippen LogP) is 3.35. The molecule has 0 saturated heterocycles. The summed E-state index contributed by atoms with van der Waals surface area (Å²) in [5.74, 6) is 0.117. The van der Waals surface area contributed by atoms with Gasteiger partial charge in [-0.25, -0.2) is 4.98 Å². The maximum absolute atomic E-state index is 13.3. The quantitative estimate of drug-likeness (QED) is 0.106. The van der Waals surface area contributed by atoms with Gasteiger partial charge >= 0.3 is 0 Å². The first-order valence-electron chi connectivity index (χ1n) is 11.0. The van der Waals surface area contributed by atoms with Crippen molar-refractivity contribution in [2.45, 2.75) is 32.7 Å². The largest absolute Gasteiger partial charge is 0.455 e. The van der Waals surface area contributed by atoms with Crippen molar-refractivity contribution in [3.05, 3.63) is 80.6 Å². The molecule has 9 nitrogen and oxygen atoms in total. The molecule has 0 bridgehead atoms. The van der Waals surface area contributed by atoms with Gasteiger partial charge in [-0.2, -0.15) is 0 Å². The summed E-state index contributed by atoms with van der Waals surface area (Å²) in [5, 5.41) is 25.8. The van der Waals surface area contributed by atoms with E-state index in [2.05, 4.69) is 22.0 Å². The summed E-state index contributed by atoms with van der Waals surface area (Å²) in [5.41, 5.74) is 9.22. The second-order valence-corrected chi connectivity index (χ2v) is 8.88. The van der Waals surface area contributed by atoms with Crippen LogP contribution in [0.5, 0.6) is 0 Å². The number of hydrogen-bond donors (Lipinski definition) is 5. The van der Waals surface area contributed by atoms with Crippen molar-refractivity contribution in [1.29, 1.82) is 5.41 Å². The molecule has 180 valence electrons. The number of fused-ring (bicyclic) bond motifs is 1. The van der Waals surface area contributed by atoms with Crippen LogP contribution in [-0.2, 0) is 0 Å². The summed E-state index contributed by atoms with van der Waals surface area (Å²) in [6, 6.07) is 7.30. The summed E-state index contributed by atoms with van der Waals surface area (Å²) in [7, 11) is 0. The molecule has 0 unspecified atom stereocenters. The number of hydrogen-bond acceptors (Lipinski definition) is 7. The first kappa shape index (κ1) is 24.2. The molecule has 1 aromatic carbocycles. The summed E-state index contributed by atoms with van der Waals surface area (Å²) in [6.07, 6.45) is 5.29. The first-order valence-corrected chi connectivity index (χ1v) is 11.4. The van der Waals surface area contributed by atoms with Gasteiger partial charge in [-0.15, -0.1) is 0 Å². The van der Waals surface area contributed by atoms with E-state index in [1.165, 1.54) is 6.21 Å². The van der Waals surface area contributed by atoms with Gasteiger partial charge in [0.05, 0.1) is 22.7 Å². The lowest BCUT2D eigenvalue weighted by Gasteiger charge is -2.16. The number of aryl methyl sites for hydroxylation is 1. The van der Waals surface area contributed by atoms with Crippen LogP contribution in [0, 0.1) is 19.3 Å². The Morgan fingerprint density at radius 3 is 2.80 bits per heavy atom. The molecule has 0 radical (unpaired) electrons. The summed E-state index contributed by atoms with van der Waals surface area (Å²) in [6.45, 7) is 7.71. The third kappa shape index (κ3) is 4.96. The zero-order chi connectivity index (χ0) is 25.3. The van der Waals surface area contributed by atoms with Gasteiger partial charge in [0, 0.05) is 35.9 Å². The van der Waals surface area contributed by atoms with E-state index >= 15 is 0 Å². The van der Waals surface area contributed by atoms with Crippen LogP contribution < -0.4 is 21.8 Å². The fourth-order valence-corrected chi connectivity index (χ4v) is 3.91. The van der Waals surface area contributed by atoms with E-state index in [0.29, 0.717) is 50.9 Å². The Balaban J connectivity index is 1.84. The van der Waals surface area contributed by atoms with Gasteiger partial charge in [-0.05, 0) is 43.7 Å². The minimum absolute atomic E-state index is 0.140. The van der Waals surface area contributed by atoms with E-state index in [0.717, 1.165) is 18.4 Å². The molecule has 35 heavy (non-hydrogen) atoms. The van der Waals surface area contributed by atoms with E-state index in [4.69, 9.17) is 32.4 Å². The first-order chi connectivity index (χ1) is 16.7. The van der Waals surface area contributed by atoms with Gasteiger partial charge in [0.15, 0.2) is 11.3 Å². The average molecular weight is 494 g/mol. The Labute approximate surface area is 206 Å². The average Bonchev–Trinajstić information content (AvgIpc) is 3.67. The molecular formula is C25H26ClN6O3+. The molecule has 1 aliphatic rings. The molecule has 1 saturated carbocycles. The molecule has 0 spiro atoms. The molecule has 1 aliphatic carbocycles. The Morgan fingerprint density at radius 2 is 2.14 bits per heavy atom. The lowest BCUT2D eigenvalue weighted by Crippen LogP contribution is -2.80. The molecule has 2 heterocycles. The summed E-state index contributed by atoms with van der Waals surface area (Å²) < 4.78 is 6.28. The fraction of sp³-hybridized carbons (Fsp3) is 0.200. The summed E-state index contributed by atoms with van der Waals surface area (Å²) >= 11 is 5.98. The van der Waals surface area contributed by atoms with E-state index in [-0.39, 0.29) is 22.1 Å². The van der Waals surface area contributed by atoms with Crippen LogP contribution in [0.2, 0.25) is 5.15 Å². The van der Waals surface area contributed by atoms with Crippen LogP contribution >= 0.6 is 11.6 Å². The minimum Gasteiger partial charge on any atom is -0.455 e. The van der Waals surface area contributed by atoms with E-state index in [1.54, 1.807) is 25.1 Å². The van der Waals surface area contributed by atoms with Gasteiger partial charge < -0.3 is 31.4 Å². The number of nitrogens with zero attached hydrogens (tertiary/aromatic N) is 2. The van der Waals surface area contributed by atoms with Gasteiger partial charge in [0.1, 0.15) is 28.4 Å². The van der Waals surface area contributed by atoms with E-state index in [9.17, 15) is 4.79 Å². The number of rotatable bonds is 8. The van der Waals surface area contributed by atoms with Crippen molar-refractivity contribution < 1.29 is 14.9 Å². The normalized spacial score (nSPS) is 14.3. The third-order valence-corrected chi connectivity index (χ3v) is 5.98. The number of pyridine rings is 1. The Kier molecular flexibility index (Phi) is 6.72. The van der Waals surface area contributed by atoms with Crippen molar-refractivity contribution in [3.63, 3.8) is 0 Å². The van der Waals surface area contributed by atoms with Crippen molar-refractivity contribution >= 4 is 51.6 Å². The van der Waals surface area contributed by atoms with Crippen molar-refractivity contribution in [1.82, 2.24) is 4.98 Å². The van der Waals surface area contributed by atoms with E-state index in [1.807, 2.05) is 24.5 Å². The number of aromatic nitrogens is 1. The number of nitrogens with two attached hydrogens (primary N) is 2. The highest BCUT2D eigenvalue weighted by atomic mass is 35.5. The number of halogens is 1. The Morgan fingerprint density at radius 1 is 1.40 bits per heavy atom. The maximum atomic E-state index is 13.3. The van der Waals surface area contributed by atoms with Crippen LogP contribution in [-0.4, -0.2) is 28.3 Å². The fourth-order valence-electron chi connectivity index (χ4n) is 3.76. The van der Waals surface area contributed by atoms with Gasteiger partial charge in [-0.1, -0.05) is 23.3 Å². The standard InChI is InChI=1S/C25H25ClN6O3/c1-12-8-17(14(3)30-19-6-7-20(26)31-21(19)25(28)32-34)24-18(9-12)22(33)13(2)23(35-24)15(10-27)11-29-16-4-5-16/h6-11,16,27,29-30,34H,3-5H2,1-2H3,(H2,28,32)/p+1/b15-11+,27-10?. The van der Waals surface area contributed by atoms with Crippen LogP contribution in [0.4, 0.5) is 5.69 Å². The molecule has 2 aromatic heterocycles. The number of amidine groups is 1. The van der Waals surface area contributed by atoms with Crippen LogP contribution in [0.3, 0.4) is 0 Å². The molecule has 0 aliphatic heterocycles. The van der Waals surface area contributed by atoms with E-state index < -0.39 is 0 Å². The second-order valence-electron chi connectivity index (χ2n) is 8.49. The van der Waals surface area contributed by atoms with Gasteiger partial charge in [0.2, 0.25) is 0 Å². The van der Waals surface area contributed by atoms with Gasteiger partial charge in [-0.3, -0.25) is 4.79 Å². The SMILES string of the molecule is C=C(Nc1ccc(Cl)nc1/C(N)=N/O)c1cc(C)cc2c(=O)c(C)c(/C(C=N)=C/[NH2+]C3CC3)oc12. The minimum atomic E-state index is -0.228. The van der Waals surface area contributed by atoms with Crippen molar-refractivity contribution in [2.24, 2.45) is 10.9 Å². The number of anilines is 1. The van der Waals surface area contributed by atoms with Gasteiger partial charge in [0.25, 0.3) is 0 Å². The van der Waals surface area contributed by atoms with Crippen molar-refractivity contribution in [3.8, 4) is 0 Å². The molecule has 4 rings (SSSR count). The second kappa shape index (κ2) is 9.73. The molecule has 0 amide bonds. The number of allylic oxidation sites excluding steroid dienone is 1.